The van der Waals surface area contributed by atoms with Gasteiger partial charge in [0.1, 0.15) is 5.75 Å². The molecule has 0 aliphatic carbocycles. The third-order valence-corrected chi connectivity index (χ3v) is 5.84. The first-order valence-electron chi connectivity index (χ1n) is 11.1. The van der Waals surface area contributed by atoms with Crippen LogP contribution in [0.1, 0.15) is 25.3 Å². The van der Waals surface area contributed by atoms with E-state index in [2.05, 4.69) is 28.4 Å². The van der Waals surface area contributed by atoms with Gasteiger partial charge < -0.3 is 10.1 Å². The summed E-state index contributed by atoms with van der Waals surface area (Å²) in [6.07, 6.45) is 6.21. The molecule has 0 spiro atoms. The molecule has 0 bridgehead atoms. The van der Waals surface area contributed by atoms with Crippen LogP contribution in [0.15, 0.2) is 48.8 Å². The third-order valence-electron chi connectivity index (χ3n) is 5.60. The number of nitrogens with zero attached hydrogens (tertiary/aromatic N) is 4. The van der Waals surface area contributed by atoms with Crippen LogP contribution in [-0.4, -0.2) is 46.4 Å². The largest absolute Gasteiger partial charge is 0.497 e. The molecule has 0 amide bonds. The van der Waals surface area contributed by atoms with E-state index in [1.807, 2.05) is 54.3 Å². The van der Waals surface area contributed by atoms with E-state index >= 15 is 0 Å². The summed E-state index contributed by atoms with van der Waals surface area (Å²) in [5.41, 5.74) is 4.15. The minimum atomic E-state index is 0.689. The van der Waals surface area contributed by atoms with Crippen molar-refractivity contribution in [1.29, 1.82) is 0 Å². The summed E-state index contributed by atoms with van der Waals surface area (Å²) in [7, 11) is 3.65. The fraction of sp³-hybridized carbons (Fsp3) is 0.360. The van der Waals surface area contributed by atoms with Gasteiger partial charge in [0.2, 0.25) is 0 Å². The second kappa shape index (κ2) is 10.2. The monoisotopic (exact) mass is 451 g/mol. The van der Waals surface area contributed by atoms with Gasteiger partial charge in [-0.25, -0.2) is 4.98 Å². The number of anilines is 1. The van der Waals surface area contributed by atoms with Gasteiger partial charge in [-0.3, -0.25) is 9.58 Å². The Labute approximate surface area is 194 Å². The number of rotatable bonds is 10. The van der Waals surface area contributed by atoms with Crippen molar-refractivity contribution < 1.29 is 4.74 Å². The summed E-state index contributed by atoms with van der Waals surface area (Å²) in [6, 6.07) is 11.9. The second-order valence-corrected chi connectivity index (χ2v) is 8.55. The first-order valence-corrected chi connectivity index (χ1v) is 11.5. The lowest BCUT2D eigenvalue weighted by atomic mass is 10.1. The summed E-state index contributed by atoms with van der Waals surface area (Å²) >= 11 is 6.24. The van der Waals surface area contributed by atoms with E-state index in [9.17, 15) is 0 Å². The van der Waals surface area contributed by atoms with Crippen molar-refractivity contribution in [2.45, 2.75) is 26.3 Å². The Morgan fingerprint density at radius 2 is 1.97 bits per heavy atom. The Balaban J connectivity index is 1.52. The van der Waals surface area contributed by atoms with Gasteiger partial charge in [-0.05, 0) is 55.8 Å². The average Bonchev–Trinajstić information content (AvgIpc) is 3.20. The number of nitrogens with one attached hydrogen (secondary N) is 1. The summed E-state index contributed by atoms with van der Waals surface area (Å²) in [6.45, 7) is 6.11. The zero-order chi connectivity index (χ0) is 22.5. The van der Waals surface area contributed by atoms with Crippen molar-refractivity contribution >= 4 is 39.1 Å². The van der Waals surface area contributed by atoms with E-state index in [1.165, 1.54) is 5.56 Å². The lowest BCUT2D eigenvalue weighted by Crippen LogP contribution is -2.26. The molecular weight excluding hydrogens is 422 g/mol. The smallest absolute Gasteiger partial charge is 0.119 e. The predicted molar refractivity (Wildman–Crippen MR) is 133 cm³/mol. The van der Waals surface area contributed by atoms with Gasteiger partial charge in [0, 0.05) is 54.2 Å². The number of hydrogen-bond acceptors (Lipinski definition) is 5. The molecule has 32 heavy (non-hydrogen) atoms. The van der Waals surface area contributed by atoms with E-state index in [0.717, 1.165) is 72.3 Å². The van der Waals surface area contributed by atoms with Crippen LogP contribution in [0.4, 0.5) is 5.69 Å². The van der Waals surface area contributed by atoms with Crippen molar-refractivity contribution in [1.82, 2.24) is 19.7 Å². The Hall–Kier alpha value is -2.83. The molecule has 0 radical (unpaired) electrons. The molecule has 0 aliphatic rings. The molecule has 0 aliphatic heterocycles. The zero-order valence-corrected chi connectivity index (χ0v) is 19.7. The van der Waals surface area contributed by atoms with Gasteiger partial charge in [0.25, 0.3) is 0 Å². The van der Waals surface area contributed by atoms with Crippen molar-refractivity contribution in [2.75, 3.05) is 32.1 Å². The molecule has 2 heterocycles. The van der Waals surface area contributed by atoms with Crippen LogP contribution in [0.3, 0.4) is 0 Å². The maximum Gasteiger partial charge on any atom is 0.119 e. The number of pyridine rings is 1. The molecule has 0 fully saturated rings. The van der Waals surface area contributed by atoms with Gasteiger partial charge in [-0.2, -0.15) is 5.10 Å². The molecule has 0 unspecified atom stereocenters. The van der Waals surface area contributed by atoms with E-state index in [4.69, 9.17) is 21.3 Å². The Bertz CT molecular complexity index is 1210. The van der Waals surface area contributed by atoms with Crippen LogP contribution in [0.5, 0.6) is 5.75 Å². The van der Waals surface area contributed by atoms with Crippen molar-refractivity contribution in [3.8, 4) is 5.75 Å². The molecule has 168 valence electrons. The van der Waals surface area contributed by atoms with Crippen LogP contribution in [-0.2, 0) is 13.6 Å². The predicted octanol–water partition coefficient (Wildman–Crippen LogP) is 5.50. The molecule has 4 aromatic rings. The van der Waals surface area contributed by atoms with Crippen LogP contribution < -0.4 is 10.1 Å². The number of benzene rings is 2. The van der Waals surface area contributed by atoms with Crippen LogP contribution >= 0.6 is 11.6 Å². The van der Waals surface area contributed by atoms with Gasteiger partial charge in [0.05, 0.1) is 30.0 Å². The van der Waals surface area contributed by atoms with Crippen LogP contribution in [0.2, 0.25) is 5.02 Å². The molecule has 4 rings (SSSR count). The highest BCUT2D eigenvalue weighted by atomic mass is 35.5. The van der Waals surface area contributed by atoms with E-state index < -0.39 is 0 Å². The number of aryl methyl sites for hydroxylation is 1. The van der Waals surface area contributed by atoms with Gasteiger partial charge in [-0.1, -0.05) is 18.5 Å². The molecular formula is C25H30ClN5O. The van der Waals surface area contributed by atoms with Crippen molar-refractivity contribution in [2.24, 2.45) is 7.05 Å². The molecule has 2 aromatic carbocycles. The first kappa shape index (κ1) is 22.4. The standard InChI is InChI=1S/C25H30ClN5O/c1-4-11-31(17-18-15-28-30(2)16-18)12-5-10-27-25-21-8-6-19(26)13-24(21)29-23-9-7-20(32-3)14-22(23)25/h6-9,13-16H,4-5,10-12,17H2,1-3H3,(H,27,29). The summed E-state index contributed by atoms with van der Waals surface area (Å²) < 4.78 is 7.32. The average molecular weight is 452 g/mol. The molecule has 1 N–H and O–H groups in total. The quantitative estimate of drug-likeness (QED) is 0.255. The lowest BCUT2D eigenvalue weighted by molar-refractivity contribution is 0.265. The Kier molecular flexibility index (Phi) is 7.12. The number of halogens is 1. The molecule has 0 saturated carbocycles. The fourth-order valence-corrected chi connectivity index (χ4v) is 4.29. The molecule has 6 nitrogen and oxygen atoms in total. The van der Waals surface area contributed by atoms with E-state index in [-0.39, 0.29) is 0 Å². The molecule has 7 heteroatoms. The van der Waals surface area contributed by atoms with Crippen molar-refractivity contribution in [3.63, 3.8) is 0 Å². The lowest BCUT2D eigenvalue weighted by Gasteiger charge is -2.21. The van der Waals surface area contributed by atoms with E-state index in [1.54, 1.807) is 7.11 Å². The van der Waals surface area contributed by atoms with Crippen LogP contribution in [0, 0.1) is 0 Å². The SMILES string of the molecule is CCCN(CCCNc1c2ccc(Cl)cc2nc2ccc(OC)cc12)Cc1cnn(C)c1. The Morgan fingerprint density at radius 1 is 1.09 bits per heavy atom. The highest BCUT2D eigenvalue weighted by molar-refractivity contribution is 6.31. The number of ether oxygens (including phenoxy) is 1. The van der Waals surface area contributed by atoms with Gasteiger partial charge >= 0.3 is 0 Å². The van der Waals surface area contributed by atoms with Gasteiger partial charge in [0.15, 0.2) is 0 Å². The molecule has 0 atom stereocenters. The number of aromatic nitrogens is 3. The van der Waals surface area contributed by atoms with Gasteiger partial charge in [-0.15, -0.1) is 0 Å². The zero-order valence-electron chi connectivity index (χ0n) is 18.9. The minimum Gasteiger partial charge on any atom is -0.497 e. The second-order valence-electron chi connectivity index (χ2n) is 8.11. The number of hydrogen-bond donors (Lipinski definition) is 1. The number of fused-ring (bicyclic) bond motifs is 2. The highest BCUT2D eigenvalue weighted by Gasteiger charge is 2.12. The maximum absolute atomic E-state index is 6.24. The summed E-state index contributed by atoms with van der Waals surface area (Å²) in [5, 5.41) is 10.8. The van der Waals surface area contributed by atoms with Crippen molar-refractivity contribution in [3.05, 3.63) is 59.4 Å². The fourth-order valence-electron chi connectivity index (χ4n) is 4.13. The minimum absolute atomic E-state index is 0.689. The maximum atomic E-state index is 6.24. The topological polar surface area (TPSA) is 55.2 Å². The van der Waals surface area contributed by atoms with E-state index in [0.29, 0.717) is 5.02 Å². The molecule has 2 aromatic heterocycles. The number of methoxy groups -OCH3 is 1. The Morgan fingerprint density at radius 3 is 2.72 bits per heavy atom. The first-order chi connectivity index (χ1) is 15.6. The van der Waals surface area contributed by atoms with Crippen LogP contribution in [0.25, 0.3) is 21.8 Å². The molecule has 0 saturated heterocycles. The highest BCUT2D eigenvalue weighted by Crippen LogP contribution is 2.34. The summed E-state index contributed by atoms with van der Waals surface area (Å²) in [5.74, 6) is 0.821. The third kappa shape index (κ3) is 5.14. The normalized spacial score (nSPS) is 11.5. The summed E-state index contributed by atoms with van der Waals surface area (Å²) in [4.78, 5) is 7.30.